The molecular weight excluding hydrogens is 485 g/mol. The lowest BCUT2D eigenvalue weighted by Gasteiger charge is -2.37. The quantitative estimate of drug-likeness (QED) is 0.438. The zero-order chi connectivity index (χ0) is 24.8. The van der Waals surface area contributed by atoms with Crippen LogP contribution in [0.25, 0.3) is 0 Å². The molecule has 1 heterocycles. The minimum absolute atomic E-state index is 0.0106. The molecule has 178 valence electrons. The fourth-order valence-electron chi connectivity index (χ4n) is 5.03. The van der Waals surface area contributed by atoms with E-state index in [0.29, 0.717) is 5.56 Å². The molecule has 0 radical (unpaired) electrons. The van der Waals surface area contributed by atoms with Crippen molar-refractivity contribution < 1.29 is 23.8 Å². The van der Waals surface area contributed by atoms with Gasteiger partial charge in [0.2, 0.25) is 0 Å². The van der Waals surface area contributed by atoms with Crippen LogP contribution in [0.15, 0.2) is 60.7 Å². The topological polar surface area (TPSA) is 86.8 Å². The third-order valence-corrected chi connectivity index (χ3v) is 7.15. The van der Waals surface area contributed by atoms with Gasteiger partial charge in [-0.1, -0.05) is 53.5 Å². The minimum atomic E-state index is -1.67. The first kappa shape index (κ1) is 24.4. The number of likely N-dealkylation sites (tertiary alicyclic amines) is 1. The predicted octanol–water partition coefficient (Wildman–Crippen LogP) is 5.27. The maximum absolute atomic E-state index is 15.3. The molecule has 5 nitrogen and oxygen atoms in total. The van der Waals surface area contributed by atoms with E-state index in [9.17, 15) is 15.0 Å². The second-order valence-electron chi connectivity index (χ2n) is 8.48. The van der Waals surface area contributed by atoms with Crippen molar-refractivity contribution in [2.24, 2.45) is 5.73 Å². The van der Waals surface area contributed by atoms with Crippen LogP contribution in [0.1, 0.15) is 29.5 Å². The highest BCUT2D eigenvalue weighted by molar-refractivity contribution is 6.31. The average molecular weight is 507 g/mol. The lowest BCUT2D eigenvalue weighted by atomic mass is 9.71. The van der Waals surface area contributed by atoms with E-state index in [1.807, 2.05) is 0 Å². The number of halogens is 4. The van der Waals surface area contributed by atoms with E-state index in [1.54, 1.807) is 24.0 Å². The van der Waals surface area contributed by atoms with Gasteiger partial charge in [0, 0.05) is 29.1 Å². The molecular formula is C25H22Cl2F2N2O3. The largest absolute Gasteiger partial charge is 0.508 e. The summed E-state index contributed by atoms with van der Waals surface area (Å²) >= 11 is 12.0. The van der Waals surface area contributed by atoms with Crippen molar-refractivity contribution in [2.45, 2.75) is 37.0 Å². The number of hydrogen-bond acceptors (Lipinski definition) is 4. The van der Waals surface area contributed by atoms with E-state index in [-0.39, 0.29) is 33.5 Å². The maximum atomic E-state index is 15.3. The van der Waals surface area contributed by atoms with Crippen molar-refractivity contribution in [3.63, 3.8) is 0 Å². The van der Waals surface area contributed by atoms with Crippen LogP contribution < -0.4 is 5.73 Å². The molecule has 4 rings (SSSR count). The van der Waals surface area contributed by atoms with Gasteiger partial charge in [-0.2, -0.15) is 0 Å². The van der Waals surface area contributed by atoms with Gasteiger partial charge in [0.15, 0.2) is 0 Å². The number of benzene rings is 3. The molecule has 4 N–H and O–H groups in total. The molecule has 1 saturated heterocycles. The molecule has 4 atom stereocenters. The molecule has 0 bridgehead atoms. The van der Waals surface area contributed by atoms with Crippen molar-refractivity contribution in [2.75, 3.05) is 0 Å². The first-order chi connectivity index (χ1) is 16.1. The normalized spacial score (nSPS) is 24.9. The number of carboxylic acid groups (broad SMARTS) is 1. The molecule has 3 aromatic carbocycles. The van der Waals surface area contributed by atoms with E-state index in [2.05, 4.69) is 0 Å². The minimum Gasteiger partial charge on any atom is -0.508 e. The van der Waals surface area contributed by atoms with E-state index in [0.717, 1.165) is 6.07 Å². The highest BCUT2D eigenvalue weighted by atomic mass is 35.5. The molecule has 1 aliphatic rings. The van der Waals surface area contributed by atoms with Gasteiger partial charge in [-0.3, -0.25) is 9.69 Å². The highest BCUT2D eigenvalue weighted by Crippen LogP contribution is 2.52. The summed E-state index contributed by atoms with van der Waals surface area (Å²) in [6, 6.07) is 12.5. The van der Waals surface area contributed by atoms with Crippen LogP contribution in [0.2, 0.25) is 10.0 Å². The molecule has 3 aromatic rings. The summed E-state index contributed by atoms with van der Waals surface area (Å²) in [5.41, 5.74) is 5.86. The van der Waals surface area contributed by atoms with Crippen molar-refractivity contribution in [1.29, 1.82) is 0 Å². The summed E-state index contributed by atoms with van der Waals surface area (Å²) in [7, 11) is 0. The smallest absolute Gasteiger partial charge is 0.321 e. The number of phenols is 1. The van der Waals surface area contributed by atoms with E-state index >= 15 is 8.78 Å². The van der Waals surface area contributed by atoms with Gasteiger partial charge >= 0.3 is 5.97 Å². The Labute approximate surface area is 205 Å². The molecule has 1 aliphatic heterocycles. The zero-order valence-corrected chi connectivity index (χ0v) is 19.6. The Balaban J connectivity index is 1.96. The van der Waals surface area contributed by atoms with E-state index in [1.165, 1.54) is 42.5 Å². The van der Waals surface area contributed by atoms with Crippen LogP contribution >= 0.6 is 23.2 Å². The van der Waals surface area contributed by atoms with Gasteiger partial charge in [0.1, 0.15) is 23.4 Å². The van der Waals surface area contributed by atoms with Gasteiger partial charge in [-0.05, 0) is 48.4 Å². The molecule has 9 heteroatoms. The Bertz CT molecular complexity index is 1260. The fourth-order valence-corrected chi connectivity index (χ4v) is 5.38. The van der Waals surface area contributed by atoms with Gasteiger partial charge in [0.05, 0.1) is 10.6 Å². The van der Waals surface area contributed by atoms with Crippen LogP contribution in [0.5, 0.6) is 5.75 Å². The van der Waals surface area contributed by atoms with Gasteiger partial charge in [0.25, 0.3) is 0 Å². The molecule has 4 unspecified atom stereocenters. The fraction of sp³-hybridized carbons (Fsp3) is 0.240. The zero-order valence-electron chi connectivity index (χ0n) is 18.1. The molecule has 1 fully saturated rings. The van der Waals surface area contributed by atoms with Crippen molar-refractivity contribution in [3.05, 3.63) is 99.0 Å². The number of carboxylic acids is 1. The number of rotatable bonds is 5. The Morgan fingerprint density at radius 2 is 1.82 bits per heavy atom. The molecule has 0 aliphatic carbocycles. The molecule has 0 aromatic heterocycles. The summed E-state index contributed by atoms with van der Waals surface area (Å²) < 4.78 is 30.5. The molecule has 0 spiro atoms. The third kappa shape index (κ3) is 4.03. The predicted molar refractivity (Wildman–Crippen MR) is 126 cm³/mol. The van der Waals surface area contributed by atoms with Crippen molar-refractivity contribution in [1.82, 2.24) is 4.90 Å². The Hall–Kier alpha value is -2.71. The third-order valence-electron chi connectivity index (χ3n) is 6.62. The van der Waals surface area contributed by atoms with E-state index in [4.69, 9.17) is 28.9 Å². The summed E-state index contributed by atoms with van der Waals surface area (Å²) in [6.07, 6.45) is 0. The van der Waals surface area contributed by atoms with E-state index < -0.39 is 41.1 Å². The Morgan fingerprint density at radius 3 is 2.47 bits per heavy atom. The summed E-state index contributed by atoms with van der Waals surface area (Å²) in [6.45, 7) is 1.74. The Morgan fingerprint density at radius 1 is 1.12 bits per heavy atom. The van der Waals surface area contributed by atoms with Gasteiger partial charge < -0.3 is 15.9 Å². The van der Waals surface area contributed by atoms with Crippen LogP contribution in [-0.2, 0) is 16.9 Å². The van der Waals surface area contributed by atoms with Crippen molar-refractivity contribution in [3.8, 4) is 5.75 Å². The summed E-state index contributed by atoms with van der Waals surface area (Å²) in [4.78, 5) is 14.2. The highest BCUT2D eigenvalue weighted by Gasteiger charge is 2.60. The first-order valence-electron chi connectivity index (χ1n) is 10.5. The number of aliphatic carboxylic acids is 1. The molecule has 34 heavy (non-hydrogen) atoms. The molecule has 0 saturated carbocycles. The number of hydrogen-bond donors (Lipinski definition) is 3. The monoisotopic (exact) mass is 506 g/mol. The second-order valence-corrected chi connectivity index (χ2v) is 9.32. The van der Waals surface area contributed by atoms with Crippen LogP contribution in [-0.4, -0.2) is 33.2 Å². The van der Waals surface area contributed by atoms with Crippen molar-refractivity contribution >= 4 is 29.2 Å². The summed E-state index contributed by atoms with van der Waals surface area (Å²) in [5, 5.41) is 20.1. The number of nitrogens with two attached hydrogens (primary N) is 1. The summed E-state index contributed by atoms with van der Waals surface area (Å²) in [5.74, 6) is -3.98. The number of carbonyl (C=O) groups is 1. The average Bonchev–Trinajstić information content (AvgIpc) is 2.98. The SMILES string of the molecule is CC1N(Cc2cccc(O)c2)C(C(=O)O)C(c2cccc(Cl)c2F)C1(N)c1ccc(Cl)cc1F. The number of nitrogens with zero attached hydrogens (tertiary/aromatic N) is 1. The first-order valence-corrected chi connectivity index (χ1v) is 11.3. The lowest BCUT2D eigenvalue weighted by Crippen LogP contribution is -2.50. The lowest BCUT2D eigenvalue weighted by molar-refractivity contribution is -0.143. The number of phenolic OH excluding ortho intramolecular Hbond substituents is 1. The van der Waals surface area contributed by atoms with Gasteiger partial charge in [-0.25, -0.2) is 8.78 Å². The van der Waals surface area contributed by atoms with Crippen LogP contribution in [0.4, 0.5) is 8.78 Å². The Kier molecular flexibility index (Phi) is 6.57. The van der Waals surface area contributed by atoms with Gasteiger partial charge in [-0.15, -0.1) is 0 Å². The van der Waals surface area contributed by atoms with Crippen LogP contribution in [0, 0.1) is 11.6 Å². The van der Waals surface area contributed by atoms with Crippen LogP contribution in [0.3, 0.4) is 0 Å². The molecule has 0 amide bonds. The second kappa shape index (κ2) is 9.15. The standard InChI is InChI=1S/C25H22Cl2F2N2O3/c1-13-25(30,18-9-8-15(26)11-20(18)28)21(17-6-3-7-19(27)22(17)29)23(24(33)34)31(13)12-14-4-2-5-16(32)10-14/h2-11,13,21,23,32H,12,30H2,1H3,(H,33,34). The number of aromatic hydroxyl groups is 1. The maximum Gasteiger partial charge on any atom is 0.321 e.